The first kappa shape index (κ1) is 25.1. The van der Waals surface area contributed by atoms with E-state index in [1.54, 1.807) is 0 Å². The van der Waals surface area contributed by atoms with Crippen molar-refractivity contribution in [3.05, 3.63) is 52.3 Å². The molecule has 2 saturated carbocycles. The minimum atomic E-state index is -3.01. The van der Waals surface area contributed by atoms with Crippen LogP contribution in [0, 0.1) is 17.8 Å². The predicted octanol–water partition coefficient (Wildman–Crippen LogP) is 5.31. The van der Waals surface area contributed by atoms with Gasteiger partial charge in [0.15, 0.2) is 0 Å². The third-order valence-electron chi connectivity index (χ3n) is 7.25. The molecular formula is C24H26ClF3N4O3. The van der Waals surface area contributed by atoms with Gasteiger partial charge in [0, 0.05) is 16.3 Å². The van der Waals surface area contributed by atoms with Gasteiger partial charge in [0.05, 0.1) is 11.7 Å². The van der Waals surface area contributed by atoms with Gasteiger partial charge in [0.25, 0.3) is 5.91 Å². The number of nitrogens with two attached hydrogens (primary N) is 1. The number of carbonyl (C=O) groups is 2. The molecular weight excluding hydrogens is 485 g/mol. The number of primary amides is 1. The zero-order chi connectivity index (χ0) is 25.6. The third kappa shape index (κ3) is 4.89. The standard InChI is InChI=1S/C24H26ClF3N4O3/c1-13-7-15(35-20(27)28)9-30-18(13)19(33)31-14-3-4-17(25)16(8-14)24(12-26,32-21(29)34)11-22(2)10-23(22)5-6-23/h3-4,7-9,20H,5-6,10-12H2,1-2H3,(H,31,33)(H3,29,32,34)/t22-,24+/m0/s1. The van der Waals surface area contributed by atoms with Gasteiger partial charge in [0.1, 0.15) is 18.1 Å². The second kappa shape index (κ2) is 8.89. The molecule has 2 aromatic rings. The molecule has 4 N–H and O–H groups in total. The predicted molar refractivity (Wildman–Crippen MR) is 124 cm³/mol. The van der Waals surface area contributed by atoms with Crippen LogP contribution in [0.4, 0.5) is 23.7 Å². The third-order valence-corrected chi connectivity index (χ3v) is 7.58. The van der Waals surface area contributed by atoms with Crippen molar-refractivity contribution in [1.29, 1.82) is 0 Å². The van der Waals surface area contributed by atoms with Gasteiger partial charge in [-0.3, -0.25) is 4.79 Å². The summed E-state index contributed by atoms with van der Waals surface area (Å²) < 4.78 is 43.9. The molecule has 0 bridgehead atoms. The number of carbonyl (C=O) groups excluding carboxylic acids is 2. The lowest BCUT2D eigenvalue weighted by Gasteiger charge is -2.36. The van der Waals surface area contributed by atoms with E-state index >= 15 is 0 Å². The molecule has 188 valence electrons. The molecule has 2 fully saturated rings. The maximum atomic E-state index is 14.7. The molecule has 3 amide bonds. The van der Waals surface area contributed by atoms with E-state index in [1.165, 1.54) is 31.2 Å². The van der Waals surface area contributed by atoms with E-state index < -0.39 is 30.8 Å². The summed E-state index contributed by atoms with van der Waals surface area (Å²) in [5.41, 5.74) is 4.89. The van der Waals surface area contributed by atoms with Crippen LogP contribution >= 0.6 is 11.6 Å². The summed E-state index contributed by atoms with van der Waals surface area (Å²) in [6, 6.07) is 4.93. The molecule has 1 aromatic carbocycles. The summed E-state index contributed by atoms with van der Waals surface area (Å²) >= 11 is 6.46. The number of aromatic nitrogens is 1. The van der Waals surface area contributed by atoms with E-state index in [9.17, 15) is 22.8 Å². The minimum absolute atomic E-state index is 0.00343. The van der Waals surface area contributed by atoms with E-state index in [2.05, 4.69) is 27.3 Å². The van der Waals surface area contributed by atoms with Gasteiger partial charge in [0.2, 0.25) is 0 Å². The van der Waals surface area contributed by atoms with Crippen molar-refractivity contribution in [3.8, 4) is 5.75 Å². The minimum Gasteiger partial charge on any atom is -0.433 e. The number of ether oxygens (including phenoxy) is 1. The second-order valence-electron chi connectivity index (χ2n) is 9.76. The molecule has 2 aliphatic carbocycles. The fourth-order valence-corrected chi connectivity index (χ4v) is 5.56. The number of aryl methyl sites for hydroxylation is 1. The molecule has 4 rings (SSSR count). The summed E-state index contributed by atoms with van der Waals surface area (Å²) in [5, 5.41) is 5.47. The zero-order valence-corrected chi connectivity index (χ0v) is 20.0. The fraction of sp³-hybridized carbons (Fsp3) is 0.458. The molecule has 1 spiro atoms. The number of hydrogen-bond acceptors (Lipinski definition) is 4. The Morgan fingerprint density at radius 3 is 2.57 bits per heavy atom. The Bertz CT molecular complexity index is 1180. The topological polar surface area (TPSA) is 106 Å². The normalized spacial score (nSPS) is 21.3. The number of amides is 3. The van der Waals surface area contributed by atoms with E-state index in [1.807, 2.05) is 0 Å². The van der Waals surface area contributed by atoms with E-state index in [4.69, 9.17) is 17.3 Å². The molecule has 11 heteroatoms. The summed E-state index contributed by atoms with van der Waals surface area (Å²) in [6.07, 6.45) is 4.41. The Morgan fingerprint density at radius 2 is 2.03 bits per heavy atom. The Balaban J connectivity index is 1.61. The van der Waals surface area contributed by atoms with Gasteiger partial charge >= 0.3 is 12.6 Å². The van der Waals surface area contributed by atoms with Crippen LogP contribution in [-0.4, -0.2) is 30.2 Å². The summed E-state index contributed by atoms with van der Waals surface area (Å²) in [7, 11) is 0. The Morgan fingerprint density at radius 1 is 1.31 bits per heavy atom. The molecule has 0 radical (unpaired) electrons. The van der Waals surface area contributed by atoms with Crippen LogP contribution in [0.15, 0.2) is 30.5 Å². The molecule has 1 heterocycles. The largest absolute Gasteiger partial charge is 0.433 e. The van der Waals surface area contributed by atoms with Gasteiger partial charge in [-0.15, -0.1) is 0 Å². The van der Waals surface area contributed by atoms with Crippen LogP contribution in [0.5, 0.6) is 5.75 Å². The monoisotopic (exact) mass is 510 g/mol. The first-order chi connectivity index (χ1) is 16.4. The molecule has 0 saturated heterocycles. The number of halogens is 4. The van der Waals surface area contributed by atoms with Crippen molar-refractivity contribution in [2.45, 2.75) is 51.7 Å². The van der Waals surface area contributed by atoms with Gasteiger partial charge in [-0.05, 0) is 73.3 Å². The molecule has 2 atom stereocenters. The smallest absolute Gasteiger partial charge is 0.387 e. The van der Waals surface area contributed by atoms with Crippen LogP contribution in [0.2, 0.25) is 5.02 Å². The maximum absolute atomic E-state index is 14.7. The number of hydrogen-bond donors (Lipinski definition) is 3. The van der Waals surface area contributed by atoms with E-state index in [0.717, 1.165) is 25.5 Å². The first-order valence-corrected chi connectivity index (χ1v) is 11.5. The fourth-order valence-electron chi connectivity index (χ4n) is 5.26. The highest BCUT2D eigenvalue weighted by Gasteiger charge is 2.72. The van der Waals surface area contributed by atoms with E-state index in [-0.39, 0.29) is 33.0 Å². The van der Waals surface area contributed by atoms with Gasteiger partial charge in [-0.2, -0.15) is 8.78 Å². The van der Waals surface area contributed by atoms with Crippen molar-refractivity contribution in [2.24, 2.45) is 16.6 Å². The van der Waals surface area contributed by atoms with Gasteiger partial charge < -0.3 is 21.1 Å². The average molecular weight is 511 g/mol. The number of anilines is 1. The molecule has 0 unspecified atom stereocenters. The number of nitrogens with one attached hydrogen (secondary N) is 2. The lowest BCUT2D eigenvalue weighted by atomic mass is 9.79. The average Bonchev–Trinajstić information content (AvgIpc) is 3.65. The number of alkyl halides is 3. The lowest BCUT2D eigenvalue weighted by Crippen LogP contribution is -2.51. The van der Waals surface area contributed by atoms with Crippen LogP contribution < -0.4 is 21.1 Å². The zero-order valence-electron chi connectivity index (χ0n) is 19.3. The van der Waals surface area contributed by atoms with Crippen LogP contribution in [-0.2, 0) is 5.54 Å². The van der Waals surface area contributed by atoms with Gasteiger partial charge in [-0.1, -0.05) is 18.5 Å². The number of pyridine rings is 1. The molecule has 7 nitrogen and oxygen atoms in total. The Hall–Kier alpha value is -3.01. The van der Waals surface area contributed by atoms with Crippen molar-refractivity contribution in [1.82, 2.24) is 10.3 Å². The first-order valence-electron chi connectivity index (χ1n) is 11.1. The molecule has 2 aliphatic rings. The number of urea groups is 1. The van der Waals surface area contributed by atoms with Crippen molar-refractivity contribution in [2.75, 3.05) is 12.0 Å². The quantitative estimate of drug-likeness (QED) is 0.425. The van der Waals surface area contributed by atoms with Gasteiger partial charge in [-0.25, -0.2) is 14.2 Å². The Kier molecular flexibility index (Phi) is 6.37. The summed E-state index contributed by atoms with van der Waals surface area (Å²) in [4.78, 5) is 28.6. The number of nitrogens with zero attached hydrogens (tertiary/aromatic N) is 1. The Labute approximate surface area is 205 Å². The number of rotatable bonds is 9. The van der Waals surface area contributed by atoms with Crippen LogP contribution in [0.25, 0.3) is 0 Å². The highest BCUT2D eigenvalue weighted by Crippen LogP contribution is 2.80. The summed E-state index contributed by atoms with van der Waals surface area (Å²) in [5.74, 6) is -0.783. The van der Waals surface area contributed by atoms with E-state index in [0.29, 0.717) is 17.5 Å². The lowest BCUT2D eigenvalue weighted by molar-refractivity contribution is -0.0501. The number of benzene rings is 1. The highest BCUT2D eigenvalue weighted by molar-refractivity contribution is 6.31. The SMILES string of the molecule is Cc1cc(OC(F)F)cnc1C(=O)Nc1ccc(Cl)c([C@](CF)(C[C@]2(C)CC23CC3)NC(N)=O)c1. The van der Waals surface area contributed by atoms with Crippen LogP contribution in [0.3, 0.4) is 0 Å². The van der Waals surface area contributed by atoms with Crippen LogP contribution in [0.1, 0.15) is 54.2 Å². The van der Waals surface area contributed by atoms with Crippen molar-refractivity contribution < 1.29 is 27.5 Å². The molecule has 1 aromatic heterocycles. The molecule has 0 aliphatic heterocycles. The maximum Gasteiger partial charge on any atom is 0.387 e. The van der Waals surface area contributed by atoms with Crippen molar-refractivity contribution >= 4 is 29.2 Å². The highest BCUT2D eigenvalue weighted by atomic mass is 35.5. The summed E-state index contributed by atoms with van der Waals surface area (Å²) in [6.45, 7) is -0.350. The second-order valence-corrected chi connectivity index (χ2v) is 10.2. The molecule has 35 heavy (non-hydrogen) atoms. The van der Waals surface area contributed by atoms with Crippen molar-refractivity contribution in [3.63, 3.8) is 0 Å².